The van der Waals surface area contributed by atoms with Crippen molar-refractivity contribution in [2.45, 2.75) is 19.4 Å². The molecule has 1 heteroatoms. The normalized spacial score (nSPS) is 13.0. The summed E-state index contributed by atoms with van der Waals surface area (Å²) in [5, 5.41) is 2.66. The molecule has 0 spiro atoms. The van der Waals surface area contributed by atoms with Crippen LogP contribution in [0.3, 0.4) is 0 Å². The molecule has 2 rings (SSSR count). The SMILES string of the molecule is CC[C@@H]([NH3+])c1cccc2ccccc12. The van der Waals surface area contributed by atoms with Crippen LogP contribution in [0.15, 0.2) is 42.5 Å². The predicted molar refractivity (Wildman–Crippen MR) is 59.9 cm³/mol. The summed E-state index contributed by atoms with van der Waals surface area (Å²) in [6.45, 7) is 2.18. The standard InChI is InChI=1S/C13H15N/c1-2-13(14)12-9-5-7-10-6-3-4-8-11(10)12/h3-9,13H,2,14H2,1H3/p+1/t13-/m1/s1. The number of benzene rings is 2. The number of hydrogen-bond acceptors (Lipinski definition) is 0. The maximum Gasteiger partial charge on any atom is 0.110 e. The fourth-order valence-corrected chi connectivity index (χ4v) is 1.83. The minimum absolute atomic E-state index is 0.404. The zero-order chi connectivity index (χ0) is 9.97. The van der Waals surface area contributed by atoms with Crippen LogP contribution in [0.4, 0.5) is 0 Å². The molecular weight excluding hydrogens is 170 g/mol. The van der Waals surface area contributed by atoms with Crippen molar-refractivity contribution in [3.8, 4) is 0 Å². The third-order valence-electron chi connectivity index (χ3n) is 2.76. The highest BCUT2D eigenvalue weighted by atomic mass is 14.6. The first-order chi connectivity index (χ1) is 6.83. The Morgan fingerprint density at radius 3 is 2.57 bits per heavy atom. The van der Waals surface area contributed by atoms with Crippen LogP contribution in [-0.4, -0.2) is 0 Å². The van der Waals surface area contributed by atoms with E-state index < -0.39 is 0 Å². The second kappa shape index (κ2) is 3.81. The molecule has 0 radical (unpaired) electrons. The average molecular weight is 186 g/mol. The van der Waals surface area contributed by atoms with Crippen LogP contribution in [-0.2, 0) is 0 Å². The Morgan fingerprint density at radius 2 is 1.79 bits per heavy atom. The van der Waals surface area contributed by atoms with Gasteiger partial charge in [-0.1, -0.05) is 49.4 Å². The fraction of sp³-hybridized carbons (Fsp3) is 0.231. The van der Waals surface area contributed by atoms with E-state index in [9.17, 15) is 0 Å². The highest BCUT2D eigenvalue weighted by Crippen LogP contribution is 2.23. The van der Waals surface area contributed by atoms with E-state index in [-0.39, 0.29) is 0 Å². The molecule has 1 atom stereocenters. The summed E-state index contributed by atoms with van der Waals surface area (Å²) < 4.78 is 0. The van der Waals surface area contributed by atoms with Crippen molar-refractivity contribution in [2.75, 3.05) is 0 Å². The van der Waals surface area contributed by atoms with Crippen molar-refractivity contribution in [1.29, 1.82) is 0 Å². The number of fused-ring (bicyclic) bond motifs is 1. The molecule has 0 saturated carbocycles. The first-order valence-electron chi connectivity index (χ1n) is 5.13. The van der Waals surface area contributed by atoms with Crippen LogP contribution in [0.5, 0.6) is 0 Å². The number of hydrogen-bond donors (Lipinski definition) is 1. The molecule has 0 unspecified atom stereocenters. The third-order valence-corrected chi connectivity index (χ3v) is 2.76. The van der Waals surface area contributed by atoms with Crippen molar-refractivity contribution in [3.05, 3.63) is 48.0 Å². The van der Waals surface area contributed by atoms with Crippen molar-refractivity contribution in [1.82, 2.24) is 0 Å². The van der Waals surface area contributed by atoms with E-state index in [0.717, 1.165) is 6.42 Å². The second-order valence-corrected chi connectivity index (χ2v) is 3.67. The van der Waals surface area contributed by atoms with Crippen LogP contribution in [0.2, 0.25) is 0 Å². The lowest BCUT2D eigenvalue weighted by Gasteiger charge is -2.09. The summed E-state index contributed by atoms with van der Waals surface area (Å²) in [5.41, 5.74) is 5.54. The molecule has 0 fully saturated rings. The quantitative estimate of drug-likeness (QED) is 0.746. The van der Waals surface area contributed by atoms with E-state index in [1.54, 1.807) is 0 Å². The summed E-state index contributed by atoms with van der Waals surface area (Å²) in [6.07, 6.45) is 1.09. The molecule has 1 nitrogen and oxygen atoms in total. The van der Waals surface area contributed by atoms with Gasteiger partial charge in [-0.15, -0.1) is 0 Å². The van der Waals surface area contributed by atoms with Crippen molar-refractivity contribution >= 4 is 10.8 Å². The molecule has 0 aliphatic rings. The van der Waals surface area contributed by atoms with Gasteiger partial charge in [-0.05, 0) is 10.8 Å². The van der Waals surface area contributed by atoms with Gasteiger partial charge in [0.15, 0.2) is 0 Å². The van der Waals surface area contributed by atoms with Gasteiger partial charge in [0.1, 0.15) is 6.04 Å². The second-order valence-electron chi connectivity index (χ2n) is 3.67. The van der Waals surface area contributed by atoms with E-state index in [1.165, 1.54) is 16.3 Å². The molecule has 2 aromatic carbocycles. The Labute approximate surface area is 84.5 Å². The van der Waals surface area contributed by atoms with E-state index in [1.807, 2.05) is 0 Å². The van der Waals surface area contributed by atoms with Gasteiger partial charge in [0.25, 0.3) is 0 Å². The molecule has 3 N–H and O–H groups in total. The van der Waals surface area contributed by atoms with Crippen molar-refractivity contribution < 1.29 is 5.73 Å². The Morgan fingerprint density at radius 1 is 1.07 bits per heavy atom. The van der Waals surface area contributed by atoms with E-state index in [2.05, 4.69) is 55.1 Å². The zero-order valence-electron chi connectivity index (χ0n) is 8.53. The molecule has 0 aliphatic heterocycles. The van der Waals surface area contributed by atoms with E-state index in [0.29, 0.717) is 6.04 Å². The van der Waals surface area contributed by atoms with Crippen LogP contribution in [0.1, 0.15) is 24.9 Å². The minimum atomic E-state index is 0.404. The third kappa shape index (κ3) is 1.51. The Hall–Kier alpha value is -1.34. The molecule has 0 amide bonds. The maximum absolute atomic E-state index is 4.18. The lowest BCUT2D eigenvalue weighted by atomic mass is 9.98. The fourth-order valence-electron chi connectivity index (χ4n) is 1.83. The van der Waals surface area contributed by atoms with Gasteiger partial charge in [0, 0.05) is 12.0 Å². The topological polar surface area (TPSA) is 27.6 Å². The summed E-state index contributed by atoms with van der Waals surface area (Å²) in [6, 6.07) is 15.4. The monoisotopic (exact) mass is 186 g/mol. The first-order valence-corrected chi connectivity index (χ1v) is 5.13. The molecule has 0 aliphatic carbocycles. The Bertz CT molecular complexity index is 429. The van der Waals surface area contributed by atoms with Crippen molar-refractivity contribution in [2.24, 2.45) is 0 Å². The van der Waals surface area contributed by atoms with Gasteiger partial charge < -0.3 is 5.73 Å². The summed E-state index contributed by atoms with van der Waals surface area (Å²) in [7, 11) is 0. The van der Waals surface area contributed by atoms with Gasteiger partial charge >= 0.3 is 0 Å². The van der Waals surface area contributed by atoms with Crippen LogP contribution >= 0.6 is 0 Å². The Balaban J connectivity index is 2.65. The van der Waals surface area contributed by atoms with Gasteiger partial charge in [0.2, 0.25) is 0 Å². The minimum Gasteiger partial charge on any atom is -0.351 e. The maximum atomic E-state index is 4.18. The molecule has 2 aromatic rings. The highest BCUT2D eigenvalue weighted by Gasteiger charge is 2.09. The first kappa shape index (κ1) is 9.22. The van der Waals surface area contributed by atoms with Crippen LogP contribution in [0, 0.1) is 0 Å². The van der Waals surface area contributed by atoms with Gasteiger partial charge in [0.05, 0.1) is 0 Å². The summed E-state index contributed by atoms with van der Waals surface area (Å²) in [5.74, 6) is 0. The molecular formula is C13H16N+. The van der Waals surface area contributed by atoms with Crippen molar-refractivity contribution in [3.63, 3.8) is 0 Å². The smallest absolute Gasteiger partial charge is 0.110 e. The van der Waals surface area contributed by atoms with Gasteiger partial charge in [-0.3, -0.25) is 0 Å². The Kier molecular flexibility index (Phi) is 2.51. The van der Waals surface area contributed by atoms with Gasteiger partial charge in [-0.25, -0.2) is 0 Å². The molecule has 72 valence electrons. The predicted octanol–water partition coefficient (Wildman–Crippen LogP) is 2.53. The molecule has 14 heavy (non-hydrogen) atoms. The zero-order valence-corrected chi connectivity index (χ0v) is 8.53. The summed E-state index contributed by atoms with van der Waals surface area (Å²) in [4.78, 5) is 0. The lowest BCUT2D eigenvalue weighted by Crippen LogP contribution is -2.53. The number of quaternary nitrogens is 1. The lowest BCUT2D eigenvalue weighted by molar-refractivity contribution is -0.426. The van der Waals surface area contributed by atoms with Crippen LogP contribution in [0.25, 0.3) is 10.8 Å². The largest absolute Gasteiger partial charge is 0.351 e. The molecule has 0 saturated heterocycles. The van der Waals surface area contributed by atoms with Gasteiger partial charge in [-0.2, -0.15) is 0 Å². The van der Waals surface area contributed by atoms with E-state index >= 15 is 0 Å². The highest BCUT2D eigenvalue weighted by molar-refractivity contribution is 5.85. The summed E-state index contributed by atoms with van der Waals surface area (Å²) >= 11 is 0. The molecule has 0 aromatic heterocycles. The average Bonchev–Trinajstić information content (AvgIpc) is 2.27. The van der Waals surface area contributed by atoms with Crippen LogP contribution < -0.4 is 5.73 Å². The number of rotatable bonds is 2. The van der Waals surface area contributed by atoms with E-state index in [4.69, 9.17) is 0 Å². The molecule has 0 heterocycles. The molecule has 0 bridgehead atoms.